The van der Waals surface area contributed by atoms with Crippen LogP contribution in [0.1, 0.15) is 37.1 Å². The smallest absolute Gasteiger partial charge is 0.316 e. The minimum atomic E-state index is -0.230. The van der Waals surface area contributed by atoms with Crippen LogP contribution in [0, 0.1) is 6.92 Å². The summed E-state index contributed by atoms with van der Waals surface area (Å²) >= 11 is 1.36. The van der Waals surface area contributed by atoms with E-state index in [1.54, 1.807) is 6.92 Å². The van der Waals surface area contributed by atoms with E-state index in [1.807, 2.05) is 6.92 Å². The van der Waals surface area contributed by atoms with Crippen molar-refractivity contribution in [1.82, 2.24) is 9.97 Å². The Bertz CT molecular complexity index is 461. The van der Waals surface area contributed by atoms with Crippen molar-refractivity contribution in [2.45, 2.75) is 37.6 Å². The molecule has 0 aliphatic heterocycles. The molecule has 0 saturated heterocycles. The Labute approximate surface area is 111 Å². The number of thioether (sulfide) groups is 1. The van der Waals surface area contributed by atoms with E-state index >= 15 is 0 Å². The average Bonchev–Trinajstić information content (AvgIpc) is 3.15. The third-order valence-corrected chi connectivity index (χ3v) is 3.78. The van der Waals surface area contributed by atoms with Crippen molar-refractivity contribution in [2.24, 2.45) is 0 Å². The molecule has 1 aromatic rings. The minimum Gasteiger partial charge on any atom is -0.465 e. The van der Waals surface area contributed by atoms with Crippen molar-refractivity contribution in [3.05, 3.63) is 11.4 Å². The van der Waals surface area contributed by atoms with E-state index in [-0.39, 0.29) is 11.7 Å². The van der Waals surface area contributed by atoms with Gasteiger partial charge in [-0.1, -0.05) is 11.8 Å². The monoisotopic (exact) mass is 267 g/mol. The molecular formula is C12H17N3O2S. The van der Waals surface area contributed by atoms with Crippen molar-refractivity contribution in [3.8, 4) is 0 Å². The van der Waals surface area contributed by atoms with Gasteiger partial charge in [0.05, 0.1) is 12.4 Å². The molecule has 1 saturated carbocycles. The number of nitrogens with two attached hydrogens (primary N) is 1. The number of esters is 1. The van der Waals surface area contributed by atoms with Gasteiger partial charge in [-0.25, -0.2) is 9.97 Å². The van der Waals surface area contributed by atoms with Gasteiger partial charge in [0.25, 0.3) is 0 Å². The van der Waals surface area contributed by atoms with E-state index in [1.165, 1.54) is 11.8 Å². The van der Waals surface area contributed by atoms with Gasteiger partial charge < -0.3 is 10.5 Å². The fourth-order valence-corrected chi connectivity index (χ4v) is 2.34. The Morgan fingerprint density at radius 1 is 1.50 bits per heavy atom. The van der Waals surface area contributed by atoms with E-state index < -0.39 is 0 Å². The topological polar surface area (TPSA) is 78.1 Å². The number of nitrogens with zero attached hydrogens (tertiary/aromatic N) is 2. The Hall–Kier alpha value is -1.30. The molecule has 0 aromatic carbocycles. The van der Waals surface area contributed by atoms with Gasteiger partial charge in [-0.05, 0) is 26.7 Å². The van der Waals surface area contributed by atoms with Crippen LogP contribution in [0.15, 0.2) is 5.03 Å². The molecule has 1 aromatic heterocycles. The van der Waals surface area contributed by atoms with E-state index in [0.29, 0.717) is 18.3 Å². The van der Waals surface area contributed by atoms with Crippen LogP contribution in [-0.4, -0.2) is 28.3 Å². The first kappa shape index (κ1) is 13.1. The van der Waals surface area contributed by atoms with Crippen LogP contribution in [0.25, 0.3) is 0 Å². The maximum absolute atomic E-state index is 11.3. The lowest BCUT2D eigenvalue weighted by Crippen LogP contribution is -2.08. The van der Waals surface area contributed by atoms with Crippen molar-refractivity contribution in [1.29, 1.82) is 0 Å². The number of carbonyl (C=O) groups excluding carboxylic acids is 1. The number of anilines is 1. The van der Waals surface area contributed by atoms with Crippen molar-refractivity contribution < 1.29 is 9.53 Å². The van der Waals surface area contributed by atoms with Gasteiger partial charge in [-0.3, -0.25) is 4.79 Å². The van der Waals surface area contributed by atoms with Crippen LogP contribution < -0.4 is 5.73 Å². The van der Waals surface area contributed by atoms with Gasteiger partial charge in [0.2, 0.25) is 0 Å². The molecule has 2 rings (SSSR count). The van der Waals surface area contributed by atoms with Gasteiger partial charge in [0, 0.05) is 11.5 Å². The lowest BCUT2D eigenvalue weighted by Gasteiger charge is -2.09. The highest BCUT2D eigenvalue weighted by Gasteiger charge is 2.28. The lowest BCUT2D eigenvalue weighted by molar-refractivity contribution is -0.139. The minimum absolute atomic E-state index is 0.230. The third kappa shape index (κ3) is 3.13. The summed E-state index contributed by atoms with van der Waals surface area (Å²) in [5.74, 6) is 1.81. The first-order valence-electron chi connectivity index (χ1n) is 6.04. The number of rotatable bonds is 5. The van der Waals surface area contributed by atoms with Gasteiger partial charge >= 0.3 is 5.97 Å². The molecule has 0 radical (unpaired) electrons. The number of nitrogen functional groups attached to an aromatic ring is 1. The summed E-state index contributed by atoms with van der Waals surface area (Å²) in [6, 6.07) is 0. The molecule has 1 aliphatic rings. The number of aromatic nitrogens is 2. The molecule has 6 heteroatoms. The molecule has 1 heterocycles. The van der Waals surface area contributed by atoms with Crippen molar-refractivity contribution >= 4 is 23.5 Å². The third-order valence-electron chi connectivity index (χ3n) is 2.73. The Kier molecular flexibility index (Phi) is 4.06. The number of ether oxygens (including phenoxy) is 1. The molecule has 0 bridgehead atoms. The first-order chi connectivity index (χ1) is 8.61. The summed E-state index contributed by atoms with van der Waals surface area (Å²) in [6.45, 7) is 4.07. The van der Waals surface area contributed by atoms with Crippen LogP contribution in [0.2, 0.25) is 0 Å². The zero-order valence-electron chi connectivity index (χ0n) is 10.6. The van der Waals surface area contributed by atoms with Gasteiger partial charge in [0.15, 0.2) is 0 Å². The fourth-order valence-electron chi connectivity index (χ4n) is 1.52. The highest BCUT2D eigenvalue weighted by Crippen LogP contribution is 2.39. The summed E-state index contributed by atoms with van der Waals surface area (Å²) in [5.41, 5.74) is 6.71. The molecule has 18 heavy (non-hydrogen) atoms. The predicted molar refractivity (Wildman–Crippen MR) is 70.5 cm³/mol. The summed E-state index contributed by atoms with van der Waals surface area (Å²) in [5, 5.41) is 0.789. The zero-order chi connectivity index (χ0) is 13.1. The Morgan fingerprint density at radius 3 is 2.83 bits per heavy atom. The Morgan fingerprint density at radius 2 is 2.22 bits per heavy atom. The maximum atomic E-state index is 11.3. The summed E-state index contributed by atoms with van der Waals surface area (Å²) in [4.78, 5) is 20.1. The second kappa shape index (κ2) is 5.56. The quantitative estimate of drug-likeness (QED) is 0.499. The molecule has 5 nitrogen and oxygen atoms in total. The van der Waals surface area contributed by atoms with Crippen LogP contribution >= 0.6 is 11.8 Å². The van der Waals surface area contributed by atoms with Crippen LogP contribution in [-0.2, 0) is 9.53 Å². The molecule has 1 fully saturated rings. The maximum Gasteiger partial charge on any atom is 0.316 e. The fraction of sp³-hybridized carbons (Fsp3) is 0.583. The van der Waals surface area contributed by atoms with Gasteiger partial charge in [-0.15, -0.1) is 0 Å². The van der Waals surface area contributed by atoms with E-state index in [2.05, 4.69) is 9.97 Å². The number of carbonyl (C=O) groups is 1. The number of hydrogen-bond acceptors (Lipinski definition) is 6. The first-order valence-corrected chi connectivity index (χ1v) is 7.02. The second-order valence-corrected chi connectivity index (χ2v) is 5.23. The highest BCUT2D eigenvalue weighted by molar-refractivity contribution is 7.99. The van der Waals surface area contributed by atoms with Crippen LogP contribution in [0.5, 0.6) is 0 Å². The number of hydrogen-bond donors (Lipinski definition) is 1. The molecule has 98 valence electrons. The summed E-state index contributed by atoms with van der Waals surface area (Å²) in [7, 11) is 0. The van der Waals surface area contributed by atoms with Crippen molar-refractivity contribution in [2.75, 3.05) is 18.1 Å². The molecule has 0 unspecified atom stereocenters. The molecule has 2 N–H and O–H groups in total. The largest absolute Gasteiger partial charge is 0.465 e. The van der Waals surface area contributed by atoms with Crippen molar-refractivity contribution in [3.63, 3.8) is 0 Å². The average molecular weight is 267 g/mol. The molecule has 0 atom stereocenters. The standard InChI is InChI=1S/C12H17N3O2S/c1-3-17-9(16)6-18-12-7(2)10(13)14-11(15-12)8-4-5-8/h8H,3-6H2,1-2H3,(H2,13,14,15). The second-order valence-electron chi connectivity index (χ2n) is 4.27. The molecular weight excluding hydrogens is 250 g/mol. The van der Waals surface area contributed by atoms with Crippen LogP contribution in [0.4, 0.5) is 5.82 Å². The summed E-state index contributed by atoms with van der Waals surface area (Å²) in [6.07, 6.45) is 2.26. The molecule has 0 spiro atoms. The predicted octanol–water partition coefficient (Wildman–Crippen LogP) is 1.90. The SMILES string of the molecule is CCOC(=O)CSc1nc(C2CC2)nc(N)c1C. The van der Waals surface area contributed by atoms with Crippen LogP contribution in [0.3, 0.4) is 0 Å². The summed E-state index contributed by atoms with van der Waals surface area (Å²) < 4.78 is 4.89. The Balaban J connectivity index is 2.08. The molecule has 0 amide bonds. The zero-order valence-corrected chi connectivity index (χ0v) is 11.4. The molecule has 1 aliphatic carbocycles. The normalized spacial score (nSPS) is 14.6. The van der Waals surface area contributed by atoms with Gasteiger partial charge in [0.1, 0.15) is 16.7 Å². The van der Waals surface area contributed by atoms with E-state index in [9.17, 15) is 4.79 Å². The van der Waals surface area contributed by atoms with E-state index in [4.69, 9.17) is 10.5 Å². The van der Waals surface area contributed by atoms with E-state index in [0.717, 1.165) is 29.3 Å². The highest BCUT2D eigenvalue weighted by atomic mass is 32.2. The van der Waals surface area contributed by atoms with Gasteiger partial charge in [-0.2, -0.15) is 0 Å². The lowest BCUT2D eigenvalue weighted by atomic mass is 10.3.